The van der Waals surface area contributed by atoms with Crippen molar-refractivity contribution < 1.29 is 13.2 Å². The Hall–Kier alpha value is -0.420. The van der Waals surface area contributed by atoms with Gasteiger partial charge in [-0.1, -0.05) is 0 Å². The molecule has 2 saturated heterocycles. The lowest BCUT2D eigenvalue weighted by Crippen LogP contribution is -2.40. The molecule has 0 saturated carbocycles. The summed E-state index contributed by atoms with van der Waals surface area (Å²) in [5, 5.41) is 0. The van der Waals surface area contributed by atoms with Crippen LogP contribution in [0.1, 0.15) is 32.6 Å². The largest absolute Gasteiger partial charge is 0.300 e. The number of carbonyl (C=O) groups is 1. The van der Waals surface area contributed by atoms with E-state index in [1.807, 2.05) is 0 Å². The van der Waals surface area contributed by atoms with Gasteiger partial charge < -0.3 is 0 Å². The van der Waals surface area contributed by atoms with Crippen LogP contribution in [-0.2, 0) is 14.6 Å². The summed E-state index contributed by atoms with van der Waals surface area (Å²) in [6, 6.07) is 0.452. The number of likely N-dealkylation sites (tertiary alicyclic amines) is 1. The van der Waals surface area contributed by atoms with E-state index in [1.54, 1.807) is 6.92 Å². The maximum Gasteiger partial charge on any atom is 0.151 e. The van der Waals surface area contributed by atoms with Gasteiger partial charge in [0.15, 0.2) is 9.84 Å². The van der Waals surface area contributed by atoms with Crippen LogP contribution in [0.5, 0.6) is 0 Å². The van der Waals surface area contributed by atoms with E-state index in [9.17, 15) is 13.2 Å². The molecule has 0 aliphatic carbocycles. The van der Waals surface area contributed by atoms with Gasteiger partial charge >= 0.3 is 0 Å². The van der Waals surface area contributed by atoms with Gasteiger partial charge in [-0.2, -0.15) is 0 Å². The molecule has 0 radical (unpaired) electrons. The highest BCUT2D eigenvalue weighted by Gasteiger charge is 2.37. The van der Waals surface area contributed by atoms with Gasteiger partial charge in [-0.3, -0.25) is 9.69 Å². The Morgan fingerprint density at radius 2 is 2.12 bits per heavy atom. The van der Waals surface area contributed by atoms with Crippen molar-refractivity contribution in [3.8, 4) is 0 Å². The van der Waals surface area contributed by atoms with Crippen molar-refractivity contribution in [2.75, 3.05) is 18.1 Å². The van der Waals surface area contributed by atoms with Crippen molar-refractivity contribution in [1.29, 1.82) is 0 Å². The second-order valence-electron chi connectivity index (χ2n) is 5.00. The molecule has 2 unspecified atom stereocenters. The zero-order valence-corrected chi connectivity index (χ0v) is 10.5. The van der Waals surface area contributed by atoms with E-state index in [-0.39, 0.29) is 17.9 Å². The van der Waals surface area contributed by atoms with E-state index in [0.29, 0.717) is 17.9 Å². The third kappa shape index (κ3) is 2.63. The number of sulfone groups is 1. The summed E-state index contributed by atoms with van der Waals surface area (Å²) < 4.78 is 22.9. The first-order valence-electron chi connectivity index (χ1n) is 5.93. The molecule has 5 heteroatoms. The van der Waals surface area contributed by atoms with Crippen LogP contribution in [0.15, 0.2) is 0 Å². The quantitative estimate of drug-likeness (QED) is 0.731. The van der Waals surface area contributed by atoms with Crippen molar-refractivity contribution in [1.82, 2.24) is 4.90 Å². The Bertz CT molecular complexity index is 377. The van der Waals surface area contributed by atoms with Gasteiger partial charge in [0.1, 0.15) is 5.78 Å². The van der Waals surface area contributed by atoms with Crippen LogP contribution in [0.2, 0.25) is 0 Å². The fourth-order valence-corrected chi connectivity index (χ4v) is 4.67. The summed E-state index contributed by atoms with van der Waals surface area (Å²) in [4.78, 5) is 13.4. The van der Waals surface area contributed by atoms with Gasteiger partial charge in [0.05, 0.1) is 11.5 Å². The average Bonchev–Trinajstić information content (AvgIpc) is 2.71. The normalized spacial score (nSPS) is 34.3. The fourth-order valence-electron chi connectivity index (χ4n) is 2.93. The predicted octanol–water partition coefficient (Wildman–Crippen LogP) is 0.617. The molecular formula is C11H19NO3S. The van der Waals surface area contributed by atoms with E-state index in [4.69, 9.17) is 0 Å². The molecular weight excluding hydrogens is 226 g/mol. The minimum atomic E-state index is -2.81. The van der Waals surface area contributed by atoms with Crippen molar-refractivity contribution in [2.45, 2.75) is 44.7 Å². The molecule has 2 fully saturated rings. The number of hydrogen-bond acceptors (Lipinski definition) is 4. The molecule has 0 aromatic heterocycles. The maximum absolute atomic E-state index is 11.4. The van der Waals surface area contributed by atoms with Crippen LogP contribution in [0.3, 0.4) is 0 Å². The SMILES string of the molecule is CC(=O)CC1CCCN1C1CCS(=O)(=O)C1. The summed E-state index contributed by atoms with van der Waals surface area (Å²) >= 11 is 0. The average molecular weight is 245 g/mol. The van der Waals surface area contributed by atoms with Crippen molar-refractivity contribution in [3.05, 3.63) is 0 Å². The Kier molecular flexibility index (Phi) is 3.35. The lowest BCUT2D eigenvalue weighted by atomic mass is 10.1. The second kappa shape index (κ2) is 4.45. The zero-order valence-electron chi connectivity index (χ0n) is 9.68. The maximum atomic E-state index is 11.4. The summed E-state index contributed by atoms with van der Waals surface area (Å²) in [7, 11) is -2.81. The van der Waals surface area contributed by atoms with E-state index in [2.05, 4.69) is 4.90 Å². The van der Waals surface area contributed by atoms with Crippen LogP contribution >= 0.6 is 0 Å². The van der Waals surface area contributed by atoms with E-state index < -0.39 is 9.84 Å². The Balaban J connectivity index is 2.01. The number of hydrogen-bond donors (Lipinski definition) is 0. The number of ketones is 1. The minimum absolute atomic E-state index is 0.164. The molecule has 2 aliphatic rings. The van der Waals surface area contributed by atoms with Gasteiger partial charge in [-0.25, -0.2) is 8.42 Å². The van der Waals surface area contributed by atoms with Crippen LogP contribution in [-0.4, -0.2) is 49.2 Å². The molecule has 0 amide bonds. The smallest absolute Gasteiger partial charge is 0.151 e. The first-order chi connectivity index (χ1) is 7.48. The highest BCUT2D eigenvalue weighted by molar-refractivity contribution is 7.91. The molecule has 2 aliphatic heterocycles. The monoisotopic (exact) mass is 245 g/mol. The highest BCUT2D eigenvalue weighted by atomic mass is 32.2. The van der Waals surface area contributed by atoms with E-state index in [0.717, 1.165) is 25.8 Å². The summed E-state index contributed by atoms with van der Waals surface area (Å²) in [6.07, 6.45) is 3.46. The van der Waals surface area contributed by atoms with Crippen molar-refractivity contribution >= 4 is 15.6 Å². The molecule has 0 bridgehead atoms. The zero-order chi connectivity index (χ0) is 11.8. The van der Waals surface area contributed by atoms with E-state index >= 15 is 0 Å². The number of Topliss-reactive ketones (excluding diaryl/α,β-unsaturated/α-hetero) is 1. The molecule has 2 rings (SSSR count). The van der Waals surface area contributed by atoms with Crippen LogP contribution in [0.25, 0.3) is 0 Å². The Labute approximate surface area is 96.9 Å². The highest BCUT2D eigenvalue weighted by Crippen LogP contribution is 2.28. The lowest BCUT2D eigenvalue weighted by Gasteiger charge is -2.29. The van der Waals surface area contributed by atoms with Crippen LogP contribution in [0, 0.1) is 0 Å². The molecule has 0 aromatic carbocycles. The Morgan fingerprint density at radius 3 is 2.69 bits per heavy atom. The molecule has 0 spiro atoms. The predicted molar refractivity (Wildman–Crippen MR) is 62.1 cm³/mol. The summed E-state index contributed by atoms with van der Waals surface area (Å²) in [5.74, 6) is 0.820. The number of rotatable bonds is 3. The number of carbonyl (C=O) groups excluding carboxylic acids is 1. The second-order valence-corrected chi connectivity index (χ2v) is 7.23. The van der Waals surface area contributed by atoms with Crippen LogP contribution < -0.4 is 0 Å². The molecule has 16 heavy (non-hydrogen) atoms. The molecule has 0 aromatic rings. The van der Waals surface area contributed by atoms with Crippen LogP contribution in [0.4, 0.5) is 0 Å². The van der Waals surface area contributed by atoms with Gasteiger partial charge in [0, 0.05) is 18.5 Å². The third-order valence-corrected chi connectivity index (χ3v) is 5.37. The third-order valence-electron chi connectivity index (χ3n) is 3.62. The van der Waals surface area contributed by atoms with Gasteiger partial charge in [0.25, 0.3) is 0 Å². The molecule has 2 atom stereocenters. The standard InChI is InChI=1S/C11H19NO3S/c1-9(13)7-10-3-2-5-12(10)11-4-6-16(14,15)8-11/h10-11H,2-8H2,1H3. The number of nitrogens with zero attached hydrogens (tertiary/aromatic N) is 1. The minimum Gasteiger partial charge on any atom is -0.300 e. The van der Waals surface area contributed by atoms with Gasteiger partial charge in [-0.15, -0.1) is 0 Å². The first kappa shape index (κ1) is 12.0. The summed E-state index contributed by atoms with van der Waals surface area (Å²) in [6.45, 7) is 2.57. The fraction of sp³-hybridized carbons (Fsp3) is 0.909. The van der Waals surface area contributed by atoms with Gasteiger partial charge in [0.2, 0.25) is 0 Å². The molecule has 92 valence electrons. The molecule has 0 N–H and O–H groups in total. The van der Waals surface area contributed by atoms with Crippen molar-refractivity contribution in [3.63, 3.8) is 0 Å². The van der Waals surface area contributed by atoms with Crippen molar-refractivity contribution in [2.24, 2.45) is 0 Å². The molecule has 4 nitrogen and oxygen atoms in total. The lowest BCUT2D eigenvalue weighted by molar-refractivity contribution is -0.118. The summed E-state index contributed by atoms with van der Waals surface area (Å²) in [5.41, 5.74) is 0. The topological polar surface area (TPSA) is 54.5 Å². The molecule has 2 heterocycles. The van der Waals surface area contributed by atoms with E-state index in [1.165, 1.54) is 0 Å². The Morgan fingerprint density at radius 1 is 1.38 bits per heavy atom. The first-order valence-corrected chi connectivity index (χ1v) is 7.76. The van der Waals surface area contributed by atoms with Gasteiger partial charge in [-0.05, 0) is 32.7 Å².